The number of hydrogen-bond donors (Lipinski definition) is 2. The maximum Gasteiger partial charge on any atom is 0.251 e. The second kappa shape index (κ2) is 5.02. The fourth-order valence-corrected chi connectivity index (χ4v) is 3.25. The second-order valence-corrected chi connectivity index (χ2v) is 6.31. The highest BCUT2D eigenvalue weighted by Crippen LogP contribution is 2.28. The molecule has 1 aromatic carbocycles. The molecule has 1 saturated carbocycles. The summed E-state index contributed by atoms with van der Waals surface area (Å²) in [5.74, 6) is 0.763. The van der Waals surface area contributed by atoms with Crippen LogP contribution in [0.4, 0.5) is 5.82 Å². The number of benzene rings is 1. The van der Waals surface area contributed by atoms with Crippen molar-refractivity contribution in [1.29, 1.82) is 0 Å². The molecule has 24 heavy (non-hydrogen) atoms. The maximum absolute atomic E-state index is 11.7. The molecule has 120 valence electrons. The van der Waals surface area contributed by atoms with E-state index in [1.807, 2.05) is 24.4 Å². The molecule has 0 atom stereocenters. The molecule has 0 unspecified atom stereocenters. The molecule has 0 bridgehead atoms. The first-order valence-corrected chi connectivity index (χ1v) is 8.16. The number of amides is 1. The van der Waals surface area contributed by atoms with Crippen molar-refractivity contribution >= 4 is 17.4 Å². The summed E-state index contributed by atoms with van der Waals surface area (Å²) in [4.78, 5) is 20.6. The zero-order valence-electron chi connectivity index (χ0n) is 13.0. The summed E-state index contributed by atoms with van der Waals surface area (Å²) in [5.41, 5.74) is 4.31. The standard InChI is InChI=1S/C17H16N6O/c24-17-13-5-4-10(6-11(13)7-19-17)14-8-18-15(22-12-2-1-3-12)16-20-9-21-23(14)16/h4-6,8-9,12H,1-3,7H2,(H,18,22)(H,19,24). The Morgan fingerprint density at radius 1 is 1.25 bits per heavy atom. The average Bonchev–Trinajstić information content (AvgIpc) is 3.18. The van der Waals surface area contributed by atoms with E-state index in [-0.39, 0.29) is 5.91 Å². The van der Waals surface area contributed by atoms with Crippen molar-refractivity contribution < 1.29 is 4.79 Å². The molecule has 7 heteroatoms. The van der Waals surface area contributed by atoms with Crippen LogP contribution in [0.3, 0.4) is 0 Å². The Morgan fingerprint density at radius 3 is 3.00 bits per heavy atom. The predicted octanol–water partition coefficient (Wildman–Crippen LogP) is 2.00. The number of rotatable bonds is 3. The summed E-state index contributed by atoms with van der Waals surface area (Å²) in [6, 6.07) is 6.29. The number of hydrogen-bond acceptors (Lipinski definition) is 5. The van der Waals surface area contributed by atoms with Gasteiger partial charge in [-0.3, -0.25) is 4.79 Å². The van der Waals surface area contributed by atoms with Crippen LogP contribution in [0.1, 0.15) is 35.2 Å². The van der Waals surface area contributed by atoms with Gasteiger partial charge in [0.05, 0.1) is 11.9 Å². The van der Waals surface area contributed by atoms with Crippen LogP contribution in [0.5, 0.6) is 0 Å². The van der Waals surface area contributed by atoms with Crippen LogP contribution in [0, 0.1) is 0 Å². The normalized spacial score (nSPS) is 16.8. The molecule has 0 spiro atoms. The molecule has 2 aliphatic rings. The summed E-state index contributed by atoms with van der Waals surface area (Å²) < 4.78 is 1.81. The molecular formula is C17H16N6O. The number of nitrogens with zero attached hydrogens (tertiary/aromatic N) is 4. The molecule has 7 nitrogen and oxygen atoms in total. The third-order valence-corrected chi connectivity index (χ3v) is 4.83. The van der Waals surface area contributed by atoms with Gasteiger partial charge in [0.1, 0.15) is 6.33 Å². The quantitative estimate of drug-likeness (QED) is 0.771. The van der Waals surface area contributed by atoms with Gasteiger partial charge in [-0.1, -0.05) is 6.07 Å². The van der Waals surface area contributed by atoms with E-state index < -0.39 is 0 Å². The number of anilines is 1. The van der Waals surface area contributed by atoms with E-state index in [2.05, 4.69) is 25.7 Å². The van der Waals surface area contributed by atoms with E-state index >= 15 is 0 Å². The minimum atomic E-state index is -0.0133. The molecule has 5 rings (SSSR count). The fourth-order valence-electron chi connectivity index (χ4n) is 3.25. The van der Waals surface area contributed by atoms with Crippen molar-refractivity contribution in [3.05, 3.63) is 41.9 Å². The Hall–Kier alpha value is -2.96. The lowest BCUT2D eigenvalue weighted by Gasteiger charge is -2.26. The number of carbonyl (C=O) groups is 1. The van der Waals surface area contributed by atoms with Gasteiger partial charge in [0.15, 0.2) is 11.5 Å². The van der Waals surface area contributed by atoms with Gasteiger partial charge in [0.25, 0.3) is 5.91 Å². The highest BCUT2D eigenvalue weighted by Gasteiger charge is 2.22. The van der Waals surface area contributed by atoms with Crippen molar-refractivity contribution in [2.75, 3.05) is 5.32 Å². The number of aromatic nitrogens is 4. The predicted molar refractivity (Wildman–Crippen MR) is 88.6 cm³/mol. The molecule has 0 radical (unpaired) electrons. The number of fused-ring (bicyclic) bond motifs is 2. The van der Waals surface area contributed by atoms with Gasteiger partial charge in [-0.05, 0) is 37.0 Å². The van der Waals surface area contributed by atoms with Crippen LogP contribution in [0.2, 0.25) is 0 Å². The Morgan fingerprint density at radius 2 is 2.17 bits per heavy atom. The van der Waals surface area contributed by atoms with Crippen LogP contribution in [0.15, 0.2) is 30.7 Å². The molecule has 0 saturated heterocycles. The monoisotopic (exact) mass is 320 g/mol. The van der Waals surface area contributed by atoms with Crippen molar-refractivity contribution in [3.8, 4) is 11.3 Å². The molecule has 1 fully saturated rings. The largest absolute Gasteiger partial charge is 0.364 e. The first kappa shape index (κ1) is 13.5. The Kier molecular flexibility index (Phi) is 2.82. The van der Waals surface area contributed by atoms with E-state index in [0.29, 0.717) is 12.6 Å². The molecule has 1 aliphatic carbocycles. The van der Waals surface area contributed by atoms with Crippen LogP contribution in [-0.4, -0.2) is 31.5 Å². The topological polar surface area (TPSA) is 84.2 Å². The molecular weight excluding hydrogens is 304 g/mol. The third kappa shape index (κ3) is 1.97. The van der Waals surface area contributed by atoms with Gasteiger partial charge >= 0.3 is 0 Å². The van der Waals surface area contributed by atoms with Crippen LogP contribution >= 0.6 is 0 Å². The summed E-state index contributed by atoms with van der Waals surface area (Å²) in [6.07, 6.45) is 6.98. The van der Waals surface area contributed by atoms with Crippen LogP contribution in [-0.2, 0) is 6.54 Å². The van der Waals surface area contributed by atoms with Crippen molar-refractivity contribution in [3.63, 3.8) is 0 Å². The lowest BCUT2D eigenvalue weighted by Crippen LogP contribution is -2.27. The van der Waals surface area contributed by atoms with Crippen molar-refractivity contribution in [1.82, 2.24) is 24.9 Å². The maximum atomic E-state index is 11.7. The van der Waals surface area contributed by atoms with Gasteiger partial charge in [-0.2, -0.15) is 5.10 Å². The van der Waals surface area contributed by atoms with Crippen LogP contribution in [0.25, 0.3) is 16.9 Å². The zero-order valence-corrected chi connectivity index (χ0v) is 13.0. The average molecular weight is 320 g/mol. The van der Waals surface area contributed by atoms with Gasteiger partial charge in [0.2, 0.25) is 0 Å². The zero-order chi connectivity index (χ0) is 16.1. The molecule has 2 aromatic heterocycles. The summed E-state index contributed by atoms with van der Waals surface area (Å²) in [6.45, 7) is 0.567. The summed E-state index contributed by atoms with van der Waals surface area (Å²) in [5, 5.41) is 10.6. The minimum absolute atomic E-state index is 0.0133. The van der Waals surface area contributed by atoms with E-state index in [9.17, 15) is 4.79 Å². The van der Waals surface area contributed by atoms with Crippen molar-refractivity contribution in [2.45, 2.75) is 31.8 Å². The Bertz CT molecular complexity index is 959. The molecule has 3 heterocycles. The molecule has 2 N–H and O–H groups in total. The minimum Gasteiger partial charge on any atom is -0.364 e. The van der Waals surface area contributed by atoms with E-state index in [0.717, 1.165) is 33.8 Å². The summed E-state index contributed by atoms with van der Waals surface area (Å²) >= 11 is 0. The SMILES string of the molecule is O=C1NCc2cc(-c3cnc(NC4CCC4)c4ncnn34)ccc21. The van der Waals surface area contributed by atoms with E-state index in [4.69, 9.17) is 0 Å². The first-order valence-electron chi connectivity index (χ1n) is 8.16. The lowest BCUT2D eigenvalue weighted by molar-refractivity contribution is 0.0966. The second-order valence-electron chi connectivity index (χ2n) is 6.31. The highest BCUT2D eigenvalue weighted by atomic mass is 16.1. The van der Waals surface area contributed by atoms with E-state index in [1.54, 1.807) is 10.8 Å². The number of carbonyl (C=O) groups excluding carboxylic acids is 1. The van der Waals surface area contributed by atoms with Gasteiger partial charge < -0.3 is 10.6 Å². The van der Waals surface area contributed by atoms with Crippen molar-refractivity contribution in [2.24, 2.45) is 0 Å². The first-order chi connectivity index (χ1) is 11.8. The smallest absolute Gasteiger partial charge is 0.251 e. The molecule has 1 amide bonds. The summed E-state index contributed by atoms with van der Waals surface area (Å²) in [7, 11) is 0. The van der Waals surface area contributed by atoms with Gasteiger partial charge in [0, 0.05) is 23.7 Å². The number of nitrogens with one attached hydrogen (secondary N) is 2. The van der Waals surface area contributed by atoms with Gasteiger partial charge in [-0.15, -0.1) is 0 Å². The molecule has 3 aromatic rings. The Labute approximate surface area is 138 Å². The Balaban J connectivity index is 1.59. The van der Waals surface area contributed by atoms with Gasteiger partial charge in [-0.25, -0.2) is 14.5 Å². The molecule has 1 aliphatic heterocycles. The fraction of sp³-hybridized carbons (Fsp3) is 0.294. The lowest BCUT2D eigenvalue weighted by atomic mass is 9.93. The van der Waals surface area contributed by atoms with E-state index in [1.165, 1.54) is 19.3 Å². The third-order valence-electron chi connectivity index (χ3n) is 4.83. The van der Waals surface area contributed by atoms with Crippen LogP contribution < -0.4 is 10.6 Å². The highest BCUT2D eigenvalue weighted by molar-refractivity contribution is 5.98.